The van der Waals surface area contributed by atoms with Crippen molar-refractivity contribution in [1.29, 1.82) is 0 Å². The number of nitrogens with one attached hydrogen (secondary N) is 4. The molecular weight excluding hydrogens is 1050 g/mol. The van der Waals surface area contributed by atoms with Crippen LogP contribution in [0.4, 0.5) is 22.5 Å². The lowest BCUT2D eigenvalue weighted by molar-refractivity contribution is -0.139. The molecule has 0 spiro atoms. The Kier molecular flexibility index (Phi) is 20.7. The lowest BCUT2D eigenvalue weighted by atomic mass is 9.83. The SMILES string of the molecule is CNC(C)C(=O)NC(C(=O)N1CCCC1c1nc(C(=O)c2cccc(OCCOCCOCCOCC(=O)N3CCN(c4cc(Nc5ncc(C(=O)Nc6c(C)cccc6Cl)s5)nc(C)n4)CC3)c2)cs1)C1CCCCC1. The molecule has 1 saturated carbocycles. The van der Waals surface area contributed by atoms with Gasteiger partial charge >= 0.3 is 0 Å². The second-order valence-electron chi connectivity index (χ2n) is 19.2. The third-order valence-corrected chi connectivity index (χ3v) is 16.0. The van der Waals surface area contributed by atoms with Crippen molar-refractivity contribution >= 4 is 86.1 Å². The van der Waals surface area contributed by atoms with Crippen molar-refractivity contribution in [3.63, 3.8) is 0 Å². The Morgan fingerprint density at radius 3 is 2.32 bits per heavy atom. The molecule has 3 aliphatic rings. The first-order valence-corrected chi connectivity index (χ1v) is 28.3. The number of thiazole rings is 2. The van der Waals surface area contributed by atoms with Crippen LogP contribution < -0.4 is 30.9 Å². The van der Waals surface area contributed by atoms with Crippen LogP contribution in [0.5, 0.6) is 5.75 Å². The molecule has 3 unspecified atom stereocenters. The molecule has 3 atom stereocenters. The van der Waals surface area contributed by atoms with E-state index in [1.54, 1.807) is 61.5 Å². The van der Waals surface area contributed by atoms with Gasteiger partial charge in [0.05, 0.1) is 62.0 Å². The number of hydrogen-bond donors (Lipinski definition) is 4. The number of aryl methyl sites for hydroxylation is 2. The van der Waals surface area contributed by atoms with E-state index < -0.39 is 12.1 Å². The van der Waals surface area contributed by atoms with E-state index in [1.165, 1.54) is 28.9 Å². The number of rotatable bonds is 25. The summed E-state index contributed by atoms with van der Waals surface area (Å²) < 4.78 is 22.9. The predicted octanol–water partition coefficient (Wildman–Crippen LogP) is 7.00. The second-order valence-corrected chi connectivity index (χ2v) is 21.5. The highest BCUT2D eigenvalue weighted by Gasteiger charge is 2.40. The van der Waals surface area contributed by atoms with Crippen molar-refractivity contribution in [2.24, 2.45) is 5.92 Å². The van der Waals surface area contributed by atoms with Crippen LogP contribution in [-0.4, -0.2) is 157 Å². The quantitative estimate of drug-likeness (QED) is 0.0340. The predicted molar refractivity (Wildman–Crippen MR) is 296 cm³/mol. The monoisotopic (exact) mass is 1110 g/mol. The summed E-state index contributed by atoms with van der Waals surface area (Å²) in [5.74, 6) is 1.53. The van der Waals surface area contributed by atoms with Gasteiger partial charge in [0, 0.05) is 49.7 Å². The van der Waals surface area contributed by atoms with Crippen LogP contribution in [0.15, 0.2) is 60.1 Å². The normalized spacial score (nSPS) is 16.7. The van der Waals surface area contributed by atoms with E-state index in [2.05, 4.69) is 41.1 Å². The molecule has 3 fully saturated rings. The number of halogens is 1. The fourth-order valence-electron chi connectivity index (χ4n) is 9.53. The van der Waals surface area contributed by atoms with Gasteiger partial charge in [0.25, 0.3) is 5.91 Å². The highest BCUT2D eigenvalue weighted by Crippen LogP contribution is 2.37. The number of anilines is 4. The number of nitrogens with zero attached hydrogens (tertiary/aromatic N) is 7. The summed E-state index contributed by atoms with van der Waals surface area (Å²) in [7, 11) is 1.73. The van der Waals surface area contributed by atoms with Gasteiger partial charge in [-0.15, -0.1) is 11.3 Å². The number of ketones is 1. The van der Waals surface area contributed by atoms with Crippen molar-refractivity contribution < 1.29 is 42.9 Å². The number of hydrogen-bond acceptors (Lipinski definition) is 18. The highest BCUT2D eigenvalue weighted by molar-refractivity contribution is 7.17. The molecule has 4 N–H and O–H groups in total. The van der Waals surface area contributed by atoms with E-state index in [9.17, 15) is 24.0 Å². The maximum absolute atomic E-state index is 14.2. The summed E-state index contributed by atoms with van der Waals surface area (Å²) >= 11 is 8.87. The molecular formula is C54H68ClN11O9S2. The van der Waals surface area contributed by atoms with Gasteiger partial charge in [0.15, 0.2) is 5.13 Å². The summed E-state index contributed by atoms with van der Waals surface area (Å²) in [5, 5.41) is 15.6. The minimum absolute atomic E-state index is 0.0520. The standard InChI is InChI=1S/C54H68ClN11O9S2/c1-34-11-8-16-40(55)47(34)62-51(70)43-31-57-54(77-43)61-44-30-45(59-36(3)58-44)64-19-21-65(22-20-64)46(67)32-74-26-25-72-23-24-73-27-28-75-39-15-9-14-38(29-39)49(68)41-33-76-52(60-41)42-17-10-18-66(42)53(71)48(37-12-6-5-7-13-37)63-50(69)35(2)56-4/h8-9,11,14-16,29-31,33,35,37,42,48,56H,5-7,10,12-13,17-28,32H2,1-4H3,(H,62,70)(H,63,69)(H,57,58,59,61). The molecule has 20 nitrogen and oxygen atoms in total. The third-order valence-electron chi connectivity index (χ3n) is 13.9. The molecule has 0 bridgehead atoms. The number of amides is 4. The van der Waals surface area contributed by atoms with E-state index in [0.717, 1.165) is 55.5 Å². The van der Waals surface area contributed by atoms with E-state index >= 15 is 0 Å². The van der Waals surface area contributed by atoms with Gasteiger partial charge in [0.1, 0.15) is 58.0 Å². The van der Waals surface area contributed by atoms with E-state index in [4.69, 9.17) is 35.5 Å². The smallest absolute Gasteiger partial charge is 0.267 e. The van der Waals surface area contributed by atoms with Crippen molar-refractivity contribution in [3.8, 4) is 5.75 Å². The molecule has 2 saturated heterocycles. The summed E-state index contributed by atoms with van der Waals surface area (Å²) in [6.45, 7) is 9.97. The van der Waals surface area contributed by atoms with Gasteiger partial charge in [-0.25, -0.2) is 19.9 Å². The Balaban J connectivity index is 0.686. The van der Waals surface area contributed by atoms with Gasteiger partial charge in [0.2, 0.25) is 23.5 Å². The highest BCUT2D eigenvalue weighted by atomic mass is 35.5. The lowest BCUT2D eigenvalue weighted by Gasteiger charge is -2.35. The molecule has 5 heterocycles. The maximum atomic E-state index is 14.2. The fraction of sp³-hybridized carbons (Fsp3) is 0.500. The number of carbonyl (C=O) groups is 5. The first kappa shape index (κ1) is 57.0. The molecule has 2 aliphatic heterocycles. The van der Waals surface area contributed by atoms with Crippen LogP contribution in [0.1, 0.15) is 100 Å². The number of piperazine rings is 1. The topological polar surface area (TPSA) is 232 Å². The Bertz CT molecular complexity index is 2800. The van der Waals surface area contributed by atoms with Crippen LogP contribution in [0.2, 0.25) is 5.02 Å². The number of para-hydroxylation sites is 1. The van der Waals surface area contributed by atoms with Crippen LogP contribution >= 0.6 is 34.3 Å². The summed E-state index contributed by atoms with van der Waals surface area (Å²) in [4.78, 5) is 91.2. The number of aromatic nitrogens is 4. The van der Waals surface area contributed by atoms with Gasteiger partial charge in [-0.3, -0.25) is 24.0 Å². The first-order valence-electron chi connectivity index (χ1n) is 26.3. The fourth-order valence-corrected chi connectivity index (χ4v) is 11.5. The van der Waals surface area contributed by atoms with Gasteiger partial charge in [-0.05, 0) is 83.2 Å². The first-order chi connectivity index (χ1) is 37.3. The molecule has 0 radical (unpaired) electrons. The average Bonchev–Trinajstić information content (AvgIpc) is 4.26. The van der Waals surface area contributed by atoms with Gasteiger partial charge < -0.3 is 54.9 Å². The largest absolute Gasteiger partial charge is 0.491 e. The maximum Gasteiger partial charge on any atom is 0.267 e. The molecule has 4 amide bonds. The summed E-state index contributed by atoms with van der Waals surface area (Å²) in [5.41, 5.74) is 2.17. The molecule has 1 aliphatic carbocycles. The molecule has 3 aromatic heterocycles. The molecule has 23 heteroatoms. The van der Waals surface area contributed by atoms with E-state index in [0.29, 0.717) is 114 Å². The average molecular weight is 1110 g/mol. The zero-order chi connectivity index (χ0) is 54.3. The number of likely N-dealkylation sites (N-methyl/N-ethyl adjacent to an activating group) is 1. The van der Waals surface area contributed by atoms with Crippen molar-refractivity contribution in [3.05, 3.63) is 97.7 Å². The number of ether oxygens (including phenoxy) is 4. The van der Waals surface area contributed by atoms with Crippen LogP contribution in [0.3, 0.4) is 0 Å². The Morgan fingerprint density at radius 2 is 1.57 bits per heavy atom. The van der Waals surface area contributed by atoms with Gasteiger partial charge in [-0.1, -0.05) is 66.5 Å². The molecule has 77 heavy (non-hydrogen) atoms. The van der Waals surface area contributed by atoms with E-state index in [1.807, 2.05) is 30.0 Å². The minimum Gasteiger partial charge on any atom is -0.491 e. The van der Waals surface area contributed by atoms with Crippen LogP contribution in [0, 0.1) is 19.8 Å². The third kappa shape index (κ3) is 15.5. The van der Waals surface area contributed by atoms with Gasteiger partial charge in [-0.2, -0.15) is 0 Å². The second kappa shape index (κ2) is 28.0. The summed E-state index contributed by atoms with van der Waals surface area (Å²) in [6.07, 6.45) is 8.11. The summed E-state index contributed by atoms with van der Waals surface area (Å²) in [6, 6.07) is 13.0. The van der Waals surface area contributed by atoms with Crippen LogP contribution in [-0.2, 0) is 28.6 Å². The lowest BCUT2D eigenvalue weighted by Crippen LogP contribution is -2.55. The molecule has 5 aromatic rings. The number of likely N-dealkylation sites (tertiary alicyclic amines) is 1. The van der Waals surface area contributed by atoms with Crippen molar-refractivity contribution in [2.45, 2.75) is 83.8 Å². The van der Waals surface area contributed by atoms with Crippen molar-refractivity contribution in [1.82, 2.24) is 40.4 Å². The van der Waals surface area contributed by atoms with Crippen LogP contribution in [0.25, 0.3) is 0 Å². The number of carbonyl (C=O) groups excluding carboxylic acids is 5. The molecule has 8 rings (SSSR count). The molecule has 2 aromatic carbocycles. The minimum atomic E-state index is -0.591. The number of benzene rings is 2. The van der Waals surface area contributed by atoms with E-state index in [-0.39, 0.29) is 61.2 Å². The molecule has 412 valence electrons. The van der Waals surface area contributed by atoms with Crippen molar-refractivity contribution in [2.75, 3.05) is 102 Å². The zero-order valence-corrected chi connectivity index (χ0v) is 46.4. The Morgan fingerprint density at radius 1 is 0.831 bits per heavy atom. The zero-order valence-electron chi connectivity index (χ0n) is 44.0. The Hall–Kier alpha value is -6.14. The Labute approximate surface area is 462 Å².